The molecule has 0 aliphatic carbocycles. The van der Waals surface area contributed by atoms with Gasteiger partial charge in [0.25, 0.3) is 0 Å². The number of hydrogen-bond acceptors (Lipinski definition) is 3. The highest BCUT2D eigenvalue weighted by Gasteiger charge is 2.41. The Morgan fingerprint density at radius 2 is 1.95 bits per heavy atom. The maximum Gasteiger partial charge on any atom is 0.311 e. The first kappa shape index (κ1) is 16.9. The highest BCUT2D eigenvalue weighted by molar-refractivity contribution is 8.00. The summed E-state index contributed by atoms with van der Waals surface area (Å²) >= 11 is 1.51. The lowest BCUT2D eigenvalue weighted by atomic mass is 9.90. The molecule has 1 unspecified atom stereocenters. The number of amides is 1. The lowest BCUT2D eigenvalue weighted by Crippen LogP contribution is -2.35. The Morgan fingerprint density at radius 3 is 2.45 bits per heavy atom. The minimum Gasteiger partial charge on any atom is -0.481 e. The van der Waals surface area contributed by atoms with Crippen molar-refractivity contribution in [1.82, 2.24) is 4.90 Å². The van der Waals surface area contributed by atoms with Crippen molar-refractivity contribution in [3.05, 3.63) is 29.8 Å². The number of rotatable bonds is 5. The van der Waals surface area contributed by atoms with Gasteiger partial charge in [0, 0.05) is 18.0 Å². The number of carbonyl (C=O) groups excluding carboxylic acids is 1. The van der Waals surface area contributed by atoms with Gasteiger partial charge in [0.1, 0.15) is 0 Å². The van der Waals surface area contributed by atoms with E-state index < -0.39 is 11.4 Å². The van der Waals surface area contributed by atoms with Crippen LogP contribution in [0.3, 0.4) is 0 Å². The highest BCUT2D eigenvalue weighted by atomic mass is 32.2. The predicted molar refractivity (Wildman–Crippen MR) is 88.2 cm³/mol. The summed E-state index contributed by atoms with van der Waals surface area (Å²) in [4.78, 5) is 26.2. The highest BCUT2D eigenvalue weighted by Crippen LogP contribution is 2.31. The summed E-state index contributed by atoms with van der Waals surface area (Å²) in [5.74, 6) is 0.0538. The summed E-state index contributed by atoms with van der Waals surface area (Å²) in [7, 11) is 0. The molecule has 1 aliphatic rings. The second kappa shape index (κ2) is 6.73. The first-order valence-corrected chi connectivity index (χ1v) is 8.54. The number of aliphatic carboxylic acids is 1. The first-order chi connectivity index (χ1) is 10.3. The lowest BCUT2D eigenvalue weighted by Gasteiger charge is -2.20. The minimum absolute atomic E-state index is 0.0166. The van der Waals surface area contributed by atoms with Crippen LogP contribution < -0.4 is 0 Å². The van der Waals surface area contributed by atoms with E-state index in [1.807, 2.05) is 12.1 Å². The maximum atomic E-state index is 12.2. The normalized spacial score (nSPS) is 21.4. The Balaban J connectivity index is 1.87. The van der Waals surface area contributed by atoms with Gasteiger partial charge >= 0.3 is 5.97 Å². The van der Waals surface area contributed by atoms with Crippen LogP contribution >= 0.6 is 11.8 Å². The van der Waals surface area contributed by atoms with Gasteiger partial charge in [0.2, 0.25) is 5.91 Å². The van der Waals surface area contributed by atoms with Crippen molar-refractivity contribution in [2.75, 3.05) is 18.8 Å². The summed E-state index contributed by atoms with van der Waals surface area (Å²) in [5.41, 5.74) is 0.492. The van der Waals surface area contributed by atoms with Gasteiger partial charge in [-0.25, -0.2) is 0 Å². The molecule has 1 aliphatic heterocycles. The van der Waals surface area contributed by atoms with E-state index in [0.717, 1.165) is 4.90 Å². The zero-order valence-corrected chi connectivity index (χ0v) is 14.2. The lowest BCUT2D eigenvalue weighted by molar-refractivity contribution is -0.147. The number of thioether (sulfide) groups is 1. The predicted octanol–water partition coefficient (Wildman–Crippen LogP) is 3.23. The van der Waals surface area contributed by atoms with Gasteiger partial charge in [-0.15, -0.1) is 11.8 Å². The molecule has 1 atom stereocenters. The molecule has 1 aromatic rings. The van der Waals surface area contributed by atoms with Crippen LogP contribution in [0.4, 0.5) is 0 Å². The number of benzene rings is 1. The van der Waals surface area contributed by atoms with Gasteiger partial charge in [-0.2, -0.15) is 0 Å². The smallest absolute Gasteiger partial charge is 0.311 e. The third kappa shape index (κ3) is 3.83. The average Bonchev–Trinajstić information content (AvgIpc) is 2.89. The molecule has 120 valence electrons. The van der Waals surface area contributed by atoms with E-state index in [4.69, 9.17) is 0 Å². The van der Waals surface area contributed by atoms with Crippen LogP contribution in [0.1, 0.15) is 38.7 Å². The van der Waals surface area contributed by atoms with E-state index in [1.165, 1.54) is 17.3 Å². The second-order valence-electron chi connectivity index (χ2n) is 6.44. The molecule has 22 heavy (non-hydrogen) atoms. The fraction of sp³-hybridized carbons (Fsp3) is 0.529. The molecule has 0 aromatic heterocycles. The number of hydrogen-bond donors (Lipinski definition) is 1. The molecule has 4 nitrogen and oxygen atoms in total. The van der Waals surface area contributed by atoms with Crippen molar-refractivity contribution in [1.29, 1.82) is 0 Å². The van der Waals surface area contributed by atoms with E-state index in [9.17, 15) is 14.7 Å². The quantitative estimate of drug-likeness (QED) is 0.846. The second-order valence-corrected chi connectivity index (χ2v) is 7.49. The van der Waals surface area contributed by atoms with Crippen molar-refractivity contribution in [3.63, 3.8) is 0 Å². The Kier molecular flexibility index (Phi) is 5.16. The number of carboxylic acid groups (broad SMARTS) is 1. The van der Waals surface area contributed by atoms with Crippen LogP contribution in [0.2, 0.25) is 0 Å². The van der Waals surface area contributed by atoms with Crippen molar-refractivity contribution >= 4 is 23.6 Å². The topological polar surface area (TPSA) is 57.6 Å². The van der Waals surface area contributed by atoms with Crippen molar-refractivity contribution in [2.24, 2.45) is 5.41 Å². The molecule has 0 saturated carbocycles. The third-order valence-corrected chi connectivity index (χ3v) is 5.25. The maximum absolute atomic E-state index is 12.2. The van der Waals surface area contributed by atoms with Crippen molar-refractivity contribution in [3.8, 4) is 0 Å². The van der Waals surface area contributed by atoms with E-state index in [-0.39, 0.29) is 5.91 Å². The average molecular weight is 321 g/mol. The Hall–Kier alpha value is -1.49. The number of likely N-dealkylation sites (tertiary alicyclic amines) is 1. The fourth-order valence-corrected chi connectivity index (χ4v) is 3.34. The van der Waals surface area contributed by atoms with Crippen molar-refractivity contribution in [2.45, 2.75) is 38.0 Å². The largest absolute Gasteiger partial charge is 0.481 e. The van der Waals surface area contributed by atoms with Gasteiger partial charge in [0.05, 0.1) is 11.2 Å². The molecule has 1 N–H and O–H groups in total. The summed E-state index contributed by atoms with van der Waals surface area (Å²) in [6, 6.07) is 8.26. The Morgan fingerprint density at radius 1 is 1.32 bits per heavy atom. The SMILES string of the molecule is CC(C)c1ccc(SCC(=O)N2CCC(C)(C(=O)O)C2)cc1. The van der Waals surface area contributed by atoms with E-state index in [2.05, 4.69) is 26.0 Å². The third-order valence-electron chi connectivity index (χ3n) is 4.25. The van der Waals surface area contributed by atoms with Crippen LogP contribution in [-0.4, -0.2) is 40.7 Å². The molecule has 0 radical (unpaired) electrons. The van der Waals surface area contributed by atoms with Gasteiger partial charge in [0.15, 0.2) is 0 Å². The molecule has 5 heteroatoms. The zero-order valence-electron chi connectivity index (χ0n) is 13.3. The number of carbonyl (C=O) groups is 2. The summed E-state index contributed by atoms with van der Waals surface area (Å²) < 4.78 is 0. The molecule has 2 rings (SSSR count). The van der Waals surface area contributed by atoms with Crippen LogP contribution in [-0.2, 0) is 9.59 Å². The van der Waals surface area contributed by atoms with Crippen LogP contribution in [0.25, 0.3) is 0 Å². The van der Waals surface area contributed by atoms with Gasteiger partial charge in [-0.05, 0) is 37.0 Å². The van der Waals surface area contributed by atoms with Crippen LogP contribution in [0, 0.1) is 5.41 Å². The molecule has 1 amide bonds. The van der Waals surface area contributed by atoms with Crippen LogP contribution in [0.15, 0.2) is 29.2 Å². The molecule has 1 heterocycles. The molecule has 0 bridgehead atoms. The van der Waals surface area contributed by atoms with Crippen molar-refractivity contribution < 1.29 is 14.7 Å². The summed E-state index contributed by atoms with van der Waals surface area (Å²) in [6.07, 6.45) is 0.530. The molecule has 1 saturated heterocycles. The van der Waals surface area contributed by atoms with E-state index in [0.29, 0.717) is 31.2 Å². The van der Waals surface area contributed by atoms with Gasteiger partial charge in [-0.3, -0.25) is 9.59 Å². The summed E-state index contributed by atoms with van der Waals surface area (Å²) in [6.45, 7) is 6.86. The van der Waals surface area contributed by atoms with Crippen LogP contribution in [0.5, 0.6) is 0 Å². The monoisotopic (exact) mass is 321 g/mol. The van der Waals surface area contributed by atoms with Gasteiger partial charge < -0.3 is 10.0 Å². The summed E-state index contributed by atoms with van der Waals surface area (Å²) in [5, 5.41) is 9.21. The van der Waals surface area contributed by atoms with E-state index in [1.54, 1.807) is 11.8 Å². The Labute approximate surface area is 135 Å². The number of nitrogens with zero attached hydrogens (tertiary/aromatic N) is 1. The molecule has 1 fully saturated rings. The van der Waals surface area contributed by atoms with E-state index >= 15 is 0 Å². The number of carboxylic acids is 1. The Bertz CT molecular complexity index is 556. The molecule has 0 spiro atoms. The molecular formula is C17H23NO3S. The fourth-order valence-electron chi connectivity index (χ4n) is 2.53. The molecular weight excluding hydrogens is 298 g/mol. The minimum atomic E-state index is -0.820. The standard InChI is InChI=1S/C17H23NO3S/c1-12(2)13-4-6-14(7-5-13)22-10-15(19)18-9-8-17(3,11-18)16(20)21/h4-7,12H,8-11H2,1-3H3,(H,20,21). The zero-order chi connectivity index (χ0) is 16.3. The first-order valence-electron chi connectivity index (χ1n) is 7.56. The van der Waals surface area contributed by atoms with Gasteiger partial charge in [-0.1, -0.05) is 26.0 Å². The molecule has 1 aromatic carbocycles.